The van der Waals surface area contributed by atoms with E-state index in [1.54, 1.807) is 0 Å². The molecule has 0 aliphatic heterocycles. The standard InChI is InChI=1S/C43H31NS/c1-43(2)36-18-9-6-17-35(36)41-37(43)19-12-21-39(41)44(38-20-10-7-15-31(38)28-13-4-3-5-14-28)30-24-26-32-29(27-30)23-25-34-33-16-8-11-22-40(33)45-42(32)34/h3-27H,1-2H3. The average molecular weight is 594 g/mol. The van der Waals surface area contributed by atoms with Crippen LogP contribution >= 0.6 is 11.3 Å². The average Bonchev–Trinajstić information content (AvgIpc) is 3.58. The van der Waals surface area contributed by atoms with Gasteiger partial charge in [-0.15, -0.1) is 11.3 Å². The van der Waals surface area contributed by atoms with Gasteiger partial charge in [-0.25, -0.2) is 0 Å². The molecule has 0 unspecified atom stereocenters. The number of fused-ring (bicyclic) bond motifs is 8. The predicted octanol–water partition coefficient (Wildman–Crippen LogP) is 12.7. The minimum Gasteiger partial charge on any atom is -0.309 e. The maximum absolute atomic E-state index is 2.49. The van der Waals surface area contributed by atoms with Crippen LogP contribution in [0.3, 0.4) is 0 Å². The molecule has 0 atom stereocenters. The highest BCUT2D eigenvalue weighted by Gasteiger charge is 2.37. The van der Waals surface area contributed by atoms with Crippen LogP contribution in [0.5, 0.6) is 0 Å². The van der Waals surface area contributed by atoms with Crippen LogP contribution < -0.4 is 4.90 Å². The van der Waals surface area contributed by atoms with Gasteiger partial charge in [-0.3, -0.25) is 0 Å². The van der Waals surface area contributed by atoms with Crippen molar-refractivity contribution in [2.45, 2.75) is 19.3 Å². The molecule has 1 aliphatic carbocycles. The van der Waals surface area contributed by atoms with Crippen LogP contribution in [0.2, 0.25) is 0 Å². The molecule has 214 valence electrons. The van der Waals surface area contributed by atoms with Crippen LogP contribution in [0.4, 0.5) is 17.1 Å². The van der Waals surface area contributed by atoms with Crippen LogP contribution in [0.15, 0.2) is 152 Å². The van der Waals surface area contributed by atoms with Gasteiger partial charge in [0.2, 0.25) is 0 Å². The lowest BCUT2D eigenvalue weighted by Gasteiger charge is -2.30. The Bertz CT molecular complexity index is 2410. The van der Waals surface area contributed by atoms with Crippen molar-refractivity contribution in [2.75, 3.05) is 4.90 Å². The smallest absolute Gasteiger partial charge is 0.0543 e. The molecule has 0 fully saturated rings. The van der Waals surface area contributed by atoms with Crippen LogP contribution in [0, 0.1) is 0 Å². The number of rotatable bonds is 4. The van der Waals surface area contributed by atoms with Crippen molar-refractivity contribution in [3.63, 3.8) is 0 Å². The molecule has 2 heteroatoms. The van der Waals surface area contributed by atoms with Gasteiger partial charge in [-0.05, 0) is 63.4 Å². The molecule has 0 saturated heterocycles. The van der Waals surface area contributed by atoms with Crippen LogP contribution in [0.1, 0.15) is 25.0 Å². The maximum atomic E-state index is 2.49. The highest BCUT2D eigenvalue weighted by atomic mass is 32.1. The van der Waals surface area contributed by atoms with Crippen LogP contribution in [-0.4, -0.2) is 0 Å². The lowest BCUT2D eigenvalue weighted by atomic mass is 9.82. The van der Waals surface area contributed by atoms with Gasteiger partial charge in [-0.1, -0.05) is 135 Å². The molecular formula is C43H31NS. The summed E-state index contributed by atoms with van der Waals surface area (Å²) >= 11 is 1.89. The number of nitrogens with zero attached hydrogens (tertiary/aromatic N) is 1. The number of anilines is 3. The fourth-order valence-electron chi connectivity index (χ4n) is 7.50. The van der Waals surface area contributed by atoms with E-state index in [2.05, 4.69) is 170 Å². The van der Waals surface area contributed by atoms with Crippen LogP contribution in [0.25, 0.3) is 53.2 Å². The molecule has 0 spiro atoms. The SMILES string of the molecule is CC1(C)c2ccccc2-c2c(N(c3ccc4c(ccc5c6ccccc6sc45)c3)c3ccccc3-c3ccccc3)cccc21. The second-order valence-corrected chi connectivity index (χ2v) is 13.6. The third kappa shape index (κ3) is 3.92. The summed E-state index contributed by atoms with van der Waals surface area (Å²) in [6, 6.07) is 55.8. The molecule has 7 aromatic carbocycles. The summed E-state index contributed by atoms with van der Waals surface area (Å²) in [5.41, 5.74) is 11.3. The summed E-state index contributed by atoms with van der Waals surface area (Å²) < 4.78 is 2.69. The Labute approximate surface area is 267 Å². The molecule has 9 rings (SSSR count). The molecule has 45 heavy (non-hydrogen) atoms. The fraction of sp³-hybridized carbons (Fsp3) is 0.0698. The first-order valence-electron chi connectivity index (χ1n) is 15.6. The quantitative estimate of drug-likeness (QED) is 0.196. The molecule has 0 amide bonds. The zero-order valence-corrected chi connectivity index (χ0v) is 26.1. The number of hydrogen-bond donors (Lipinski definition) is 0. The number of hydrogen-bond acceptors (Lipinski definition) is 2. The minimum atomic E-state index is -0.0806. The van der Waals surface area contributed by atoms with E-state index in [0.29, 0.717) is 0 Å². The van der Waals surface area contributed by atoms with Gasteiger partial charge in [0.05, 0.1) is 11.4 Å². The first-order valence-corrected chi connectivity index (χ1v) is 16.4. The largest absolute Gasteiger partial charge is 0.309 e. The summed E-state index contributed by atoms with van der Waals surface area (Å²) in [5, 5.41) is 5.23. The van der Waals surface area contributed by atoms with Gasteiger partial charge in [0.15, 0.2) is 0 Å². The zero-order chi connectivity index (χ0) is 30.1. The van der Waals surface area contributed by atoms with Gasteiger partial charge in [0.1, 0.15) is 0 Å². The molecule has 1 aromatic heterocycles. The Morgan fingerprint density at radius 2 is 1.20 bits per heavy atom. The molecule has 0 radical (unpaired) electrons. The van der Waals surface area contributed by atoms with Crippen molar-refractivity contribution >= 4 is 59.3 Å². The van der Waals surface area contributed by atoms with E-state index in [9.17, 15) is 0 Å². The third-order valence-electron chi connectivity index (χ3n) is 9.66. The van der Waals surface area contributed by atoms with Crippen molar-refractivity contribution in [1.29, 1.82) is 0 Å². The van der Waals surface area contributed by atoms with E-state index in [0.717, 1.165) is 5.69 Å². The summed E-state index contributed by atoms with van der Waals surface area (Å²) in [6.07, 6.45) is 0. The molecular weight excluding hydrogens is 563 g/mol. The monoisotopic (exact) mass is 593 g/mol. The Balaban J connectivity index is 1.33. The predicted molar refractivity (Wildman–Crippen MR) is 195 cm³/mol. The fourth-order valence-corrected chi connectivity index (χ4v) is 8.74. The minimum absolute atomic E-state index is 0.0806. The van der Waals surface area contributed by atoms with Crippen molar-refractivity contribution in [3.8, 4) is 22.3 Å². The second kappa shape index (κ2) is 9.92. The van der Waals surface area contributed by atoms with Crippen molar-refractivity contribution in [1.82, 2.24) is 0 Å². The van der Waals surface area contributed by atoms with Crippen molar-refractivity contribution in [2.24, 2.45) is 0 Å². The molecule has 0 bridgehead atoms. The lowest BCUT2D eigenvalue weighted by molar-refractivity contribution is 0.660. The first-order chi connectivity index (χ1) is 22.1. The Kier molecular flexibility index (Phi) is 5.78. The number of thiophene rings is 1. The van der Waals surface area contributed by atoms with Crippen molar-refractivity contribution in [3.05, 3.63) is 163 Å². The van der Waals surface area contributed by atoms with Gasteiger partial charge < -0.3 is 4.90 Å². The maximum Gasteiger partial charge on any atom is 0.0543 e. The topological polar surface area (TPSA) is 3.24 Å². The molecule has 1 heterocycles. The van der Waals surface area contributed by atoms with Gasteiger partial charge >= 0.3 is 0 Å². The zero-order valence-electron chi connectivity index (χ0n) is 25.3. The molecule has 0 N–H and O–H groups in total. The molecule has 1 nitrogen and oxygen atoms in total. The van der Waals surface area contributed by atoms with Gasteiger partial charge in [0.25, 0.3) is 0 Å². The summed E-state index contributed by atoms with van der Waals surface area (Å²) in [7, 11) is 0. The van der Waals surface area contributed by atoms with Gasteiger partial charge in [0, 0.05) is 42.4 Å². The molecule has 8 aromatic rings. The summed E-state index contributed by atoms with van der Waals surface area (Å²) in [5.74, 6) is 0. The highest BCUT2D eigenvalue weighted by molar-refractivity contribution is 7.26. The highest BCUT2D eigenvalue weighted by Crippen LogP contribution is 2.55. The number of benzene rings is 7. The summed E-state index contributed by atoms with van der Waals surface area (Å²) in [6.45, 7) is 4.71. The van der Waals surface area contributed by atoms with E-state index in [1.165, 1.54) is 75.7 Å². The summed E-state index contributed by atoms with van der Waals surface area (Å²) in [4.78, 5) is 2.49. The first kappa shape index (κ1) is 26.2. The Hall–Kier alpha value is -5.18. The Morgan fingerprint density at radius 3 is 2.09 bits per heavy atom. The second-order valence-electron chi connectivity index (χ2n) is 12.5. The third-order valence-corrected chi connectivity index (χ3v) is 10.9. The molecule has 1 aliphatic rings. The van der Waals surface area contributed by atoms with E-state index in [-0.39, 0.29) is 5.41 Å². The van der Waals surface area contributed by atoms with Crippen LogP contribution in [-0.2, 0) is 5.41 Å². The van der Waals surface area contributed by atoms with Gasteiger partial charge in [-0.2, -0.15) is 0 Å². The van der Waals surface area contributed by atoms with E-state index >= 15 is 0 Å². The Morgan fingerprint density at radius 1 is 0.511 bits per heavy atom. The lowest BCUT2D eigenvalue weighted by Crippen LogP contribution is -2.16. The van der Waals surface area contributed by atoms with E-state index in [4.69, 9.17) is 0 Å². The van der Waals surface area contributed by atoms with Crippen molar-refractivity contribution < 1.29 is 0 Å². The normalized spacial score (nSPS) is 13.3. The molecule has 0 saturated carbocycles. The van der Waals surface area contributed by atoms with E-state index in [1.807, 2.05) is 11.3 Å². The number of para-hydroxylation sites is 1. The van der Waals surface area contributed by atoms with E-state index < -0.39 is 0 Å².